The molecule has 0 saturated carbocycles. The van der Waals surface area contributed by atoms with Crippen LogP contribution < -0.4 is 5.32 Å². The first kappa shape index (κ1) is 21.6. The van der Waals surface area contributed by atoms with Crippen molar-refractivity contribution in [1.82, 2.24) is 9.88 Å². The minimum absolute atomic E-state index is 0.0539. The standard InChI is InChI=1S/C24H25N3O2S2/c1-16-8-9-19(10-17(16)2)26-24(29)21-14-30-15-27(21)23(28)12-20-13-31-22(25-20)11-18-6-4-3-5-7-18/h3-10,13,21H,11-12,14-15H2,1-2H3,(H,26,29). The number of anilines is 1. The van der Waals surface area contributed by atoms with Crippen molar-refractivity contribution in [3.05, 3.63) is 81.3 Å². The first-order valence-electron chi connectivity index (χ1n) is 10.2. The molecule has 5 nitrogen and oxygen atoms in total. The zero-order valence-electron chi connectivity index (χ0n) is 17.6. The second kappa shape index (κ2) is 9.66. The van der Waals surface area contributed by atoms with Gasteiger partial charge in [-0.3, -0.25) is 9.59 Å². The number of amides is 2. The van der Waals surface area contributed by atoms with Crippen molar-refractivity contribution in [3.8, 4) is 0 Å². The first-order valence-corrected chi connectivity index (χ1v) is 12.3. The molecule has 7 heteroatoms. The zero-order chi connectivity index (χ0) is 21.8. The minimum Gasteiger partial charge on any atom is -0.324 e. The third kappa shape index (κ3) is 5.35. The molecule has 3 aromatic rings. The topological polar surface area (TPSA) is 62.3 Å². The third-order valence-corrected chi connectivity index (χ3v) is 7.32. The van der Waals surface area contributed by atoms with Gasteiger partial charge in [0.2, 0.25) is 11.8 Å². The SMILES string of the molecule is Cc1ccc(NC(=O)C2CSCN2C(=O)Cc2csc(Cc3ccccc3)n2)cc1C. The third-order valence-electron chi connectivity index (χ3n) is 5.41. The van der Waals surface area contributed by atoms with Crippen LogP contribution in [-0.2, 0) is 22.4 Å². The molecule has 0 aliphatic carbocycles. The van der Waals surface area contributed by atoms with Crippen LogP contribution in [0.25, 0.3) is 0 Å². The molecule has 1 N–H and O–H groups in total. The van der Waals surface area contributed by atoms with Gasteiger partial charge in [0.1, 0.15) is 6.04 Å². The minimum atomic E-state index is -0.457. The maximum absolute atomic E-state index is 12.9. The molecule has 1 atom stereocenters. The van der Waals surface area contributed by atoms with Gasteiger partial charge < -0.3 is 10.2 Å². The largest absolute Gasteiger partial charge is 0.324 e. The number of nitrogens with one attached hydrogen (secondary N) is 1. The van der Waals surface area contributed by atoms with Crippen molar-refractivity contribution in [1.29, 1.82) is 0 Å². The lowest BCUT2D eigenvalue weighted by Crippen LogP contribution is -2.45. The van der Waals surface area contributed by atoms with Crippen LogP contribution >= 0.6 is 23.1 Å². The number of thioether (sulfide) groups is 1. The van der Waals surface area contributed by atoms with Crippen LogP contribution in [0.15, 0.2) is 53.9 Å². The molecule has 0 bridgehead atoms. The highest BCUT2D eigenvalue weighted by molar-refractivity contribution is 7.99. The van der Waals surface area contributed by atoms with Gasteiger partial charge in [-0.05, 0) is 42.7 Å². The lowest BCUT2D eigenvalue weighted by Gasteiger charge is -2.23. The molecule has 0 radical (unpaired) electrons. The summed E-state index contributed by atoms with van der Waals surface area (Å²) in [6, 6.07) is 15.6. The molecule has 1 aliphatic heterocycles. The Morgan fingerprint density at radius 3 is 2.71 bits per heavy atom. The smallest absolute Gasteiger partial charge is 0.248 e. The summed E-state index contributed by atoms with van der Waals surface area (Å²) in [5.41, 5.74) is 5.05. The van der Waals surface area contributed by atoms with E-state index >= 15 is 0 Å². The summed E-state index contributed by atoms with van der Waals surface area (Å²) in [6.07, 6.45) is 0.986. The molecule has 1 fully saturated rings. The molecule has 1 saturated heterocycles. The van der Waals surface area contributed by atoms with Gasteiger partial charge in [0.15, 0.2) is 0 Å². The second-order valence-electron chi connectivity index (χ2n) is 7.74. The second-order valence-corrected chi connectivity index (χ2v) is 9.68. The van der Waals surface area contributed by atoms with Gasteiger partial charge in [-0.1, -0.05) is 36.4 Å². The monoisotopic (exact) mass is 451 g/mol. The molecule has 2 aromatic carbocycles. The van der Waals surface area contributed by atoms with Crippen molar-refractivity contribution in [2.45, 2.75) is 32.7 Å². The Morgan fingerprint density at radius 1 is 1.13 bits per heavy atom. The number of rotatable bonds is 6. The van der Waals surface area contributed by atoms with Crippen LogP contribution in [0.1, 0.15) is 27.4 Å². The van der Waals surface area contributed by atoms with Crippen molar-refractivity contribution in [3.63, 3.8) is 0 Å². The van der Waals surface area contributed by atoms with E-state index in [1.165, 1.54) is 11.1 Å². The molecular weight excluding hydrogens is 426 g/mol. The Balaban J connectivity index is 1.37. The fraction of sp³-hybridized carbons (Fsp3) is 0.292. The lowest BCUT2D eigenvalue weighted by molar-refractivity contribution is -0.135. The van der Waals surface area contributed by atoms with E-state index in [-0.39, 0.29) is 18.2 Å². The molecule has 4 rings (SSSR count). The Labute approximate surface area is 190 Å². The van der Waals surface area contributed by atoms with E-state index in [2.05, 4.69) is 22.4 Å². The number of nitrogens with zero attached hydrogens (tertiary/aromatic N) is 2. The molecular formula is C24H25N3O2S2. The molecule has 1 aliphatic rings. The summed E-state index contributed by atoms with van der Waals surface area (Å²) in [4.78, 5) is 32.1. The van der Waals surface area contributed by atoms with Crippen LogP contribution in [0.4, 0.5) is 5.69 Å². The van der Waals surface area contributed by atoms with E-state index in [0.29, 0.717) is 11.6 Å². The van der Waals surface area contributed by atoms with E-state index in [0.717, 1.165) is 28.4 Å². The van der Waals surface area contributed by atoms with Crippen molar-refractivity contribution >= 4 is 40.6 Å². The number of hydrogen-bond donors (Lipinski definition) is 1. The van der Waals surface area contributed by atoms with Crippen LogP contribution in [0.3, 0.4) is 0 Å². The number of aromatic nitrogens is 1. The summed E-state index contributed by atoms with van der Waals surface area (Å²) in [5, 5.41) is 5.91. The molecule has 2 amide bonds. The lowest BCUT2D eigenvalue weighted by atomic mass is 10.1. The van der Waals surface area contributed by atoms with Crippen LogP contribution in [0, 0.1) is 13.8 Å². The van der Waals surface area contributed by atoms with Gasteiger partial charge in [0.05, 0.1) is 23.0 Å². The number of thiazole rings is 1. The number of hydrogen-bond acceptors (Lipinski definition) is 5. The Morgan fingerprint density at radius 2 is 1.94 bits per heavy atom. The highest BCUT2D eigenvalue weighted by Gasteiger charge is 2.34. The van der Waals surface area contributed by atoms with Gasteiger partial charge in [-0.15, -0.1) is 23.1 Å². The van der Waals surface area contributed by atoms with Crippen molar-refractivity contribution in [2.75, 3.05) is 16.9 Å². The fourth-order valence-corrected chi connectivity index (χ4v) is 5.50. The number of carbonyl (C=O) groups excluding carboxylic acids is 2. The fourth-order valence-electron chi connectivity index (χ4n) is 3.49. The molecule has 1 aromatic heterocycles. The molecule has 160 valence electrons. The van der Waals surface area contributed by atoms with Gasteiger partial charge in [0, 0.05) is 23.2 Å². The first-order chi connectivity index (χ1) is 15.0. The average Bonchev–Trinajstić information content (AvgIpc) is 3.41. The van der Waals surface area contributed by atoms with Crippen molar-refractivity contribution in [2.24, 2.45) is 0 Å². The zero-order valence-corrected chi connectivity index (χ0v) is 19.3. The maximum atomic E-state index is 12.9. The predicted molar refractivity (Wildman–Crippen MR) is 128 cm³/mol. The quantitative estimate of drug-likeness (QED) is 0.602. The van der Waals surface area contributed by atoms with Crippen LogP contribution in [0.5, 0.6) is 0 Å². The predicted octanol–water partition coefficient (Wildman–Crippen LogP) is 4.43. The summed E-state index contributed by atoms with van der Waals surface area (Å²) in [6.45, 7) is 4.06. The van der Waals surface area contributed by atoms with E-state index < -0.39 is 6.04 Å². The number of benzene rings is 2. The number of carbonyl (C=O) groups is 2. The maximum Gasteiger partial charge on any atom is 0.248 e. The Kier molecular flexibility index (Phi) is 6.73. The number of aryl methyl sites for hydroxylation is 2. The van der Waals surface area contributed by atoms with E-state index in [1.807, 2.05) is 55.6 Å². The molecule has 1 unspecified atom stereocenters. The van der Waals surface area contributed by atoms with E-state index in [1.54, 1.807) is 28.0 Å². The summed E-state index contributed by atoms with van der Waals surface area (Å²) in [7, 11) is 0. The van der Waals surface area contributed by atoms with Crippen molar-refractivity contribution < 1.29 is 9.59 Å². The summed E-state index contributed by atoms with van der Waals surface area (Å²) in [5.74, 6) is 0.954. The highest BCUT2D eigenvalue weighted by Crippen LogP contribution is 2.24. The summed E-state index contributed by atoms with van der Waals surface area (Å²) >= 11 is 3.18. The molecule has 0 spiro atoms. The van der Waals surface area contributed by atoms with Gasteiger partial charge in [-0.25, -0.2) is 4.98 Å². The molecule has 2 heterocycles. The Bertz CT molecular complexity index is 1080. The summed E-state index contributed by atoms with van der Waals surface area (Å²) < 4.78 is 0. The van der Waals surface area contributed by atoms with Crippen LogP contribution in [-0.4, -0.2) is 39.4 Å². The van der Waals surface area contributed by atoms with E-state index in [4.69, 9.17) is 0 Å². The van der Waals surface area contributed by atoms with Crippen LogP contribution in [0.2, 0.25) is 0 Å². The van der Waals surface area contributed by atoms with Gasteiger partial charge in [-0.2, -0.15) is 0 Å². The van der Waals surface area contributed by atoms with Gasteiger partial charge in [0.25, 0.3) is 0 Å². The normalized spacial score (nSPS) is 15.8. The van der Waals surface area contributed by atoms with Gasteiger partial charge >= 0.3 is 0 Å². The molecule has 31 heavy (non-hydrogen) atoms. The Hall–Kier alpha value is -2.64. The highest BCUT2D eigenvalue weighted by atomic mass is 32.2. The average molecular weight is 452 g/mol. The van der Waals surface area contributed by atoms with E-state index in [9.17, 15) is 9.59 Å².